The van der Waals surface area contributed by atoms with Gasteiger partial charge in [0.1, 0.15) is 10.6 Å². The number of rotatable bonds is 3. The van der Waals surface area contributed by atoms with E-state index in [1.54, 1.807) is 11.3 Å². The molecule has 1 fully saturated rings. The Hall–Kier alpha value is -1.40. The molecule has 2 aromatic rings. The Bertz CT molecular complexity index is 587. The van der Waals surface area contributed by atoms with E-state index < -0.39 is 0 Å². The average molecular weight is 291 g/mol. The molecule has 0 aromatic carbocycles. The van der Waals surface area contributed by atoms with Gasteiger partial charge in [-0.2, -0.15) is 4.98 Å². The molecule has 5 nitrogen and oxygen atoms in total. The third kappa shape index (κ3) is 2.58. The van der Waals surface area contributed by atoms with Crippen molar-refractivity contribution in [3.05, 3.63) is 10.9 Å². The van der Waals surface area contributed by atoms with Gasteiger partial charge < -0.3 is 4.90 Å². The van der Waals surface area contributed by atoms with Crippen molar-refractivity contribution < 1.29 is 0 Å². The summed E-state index contributed by atoms with van der Waals surface area (Å²) in [4.78, 5) is 13.9. The van der Waals surface area contributed by atoms with Gasteiger partial charge in [0.2, 0.25) is 5.95 Å². The largest absolute Gasteiger partial charge is 0.356 e. The van der Waals surface area contributed by atoms with Crippen LogP contribution in [-0.2, 0) is 6.42 Å². The van der Waals surface area contributed by atoms with Crippen molar-refractivity contribution in [2.24, 2.45) is 5.84 Å². The molecule has 0 radical (unpaired) electrons. The molecular formula is C14H21N5S. The second-order valence-corrected chi connectivity index (χ2v) is 6.32. The number of nitrogens with two attached hydrogens (primary N) is 1. The highest BCUT2D eigenvalue weighted by atomic mass is 32.1. The maximum absolute atomic E-state index is 5.52. The maximum Gasteiger partial charge on any atom is 0.240 e. The van der Waals surface area contributed by atoms with Crippen LogP contribution in [-0.4, -0.2) is 23.1 Å². The third-order valence-corrected chi connectivity index (χ3v) is 4.98. The van der Waals surface area contributed by atoms with Crippen LogP contribution in [0, 0.1) is 0 Å². The summed E-state index contributed by atoms with van der Waals surface area (Å²) in [7, 11) is 0. The van der Waals surface area contributed by atoms with Gasteiger partial charge >= 0.3 is 0 Å². The van der Waals surface area contributed by atoms with E-state index in [-0.39, 0.29) is 0 Å². The minimum Gasteiger partial charge on any atom is -0.356 e. The average Bonchev–Trinajstić information content (AvgIpc) is 2.71. The monoisotopic (exact) mass is 291 g/mol. The van der Waals surface area contributed by atoms with Crippen LogP contribution in [0.2, 0.25) is 0 Å². The Labute approximate surface area is 123 Å². The second-order valence-electron chi connectivity index (χ2n) is 5.20. The number of thiophene rings is 1. The molecule has 0 bridgehead atoms. The van der Waals surface area contributed by atoms with Crippen LogP contribution in [0.4, 0.5) is 11.8 Å². The normalized spacial score (nSPS) is 16.4. The van der Waals surface area contributed by atoms with E-state index in [9.17, 15) is 0 Å². The first-order chi connectivity index (χ1) is 9.81. The lowest BCUT2D eigenvalue weighted by atomic mass is 10.2. The van der Waals surface area contributed by atoms with E-state index in [2.05, 4.69) is 33.3 Å². The molecule has 1 aliphatic heterocycles. The highest BCUT2D eigenvalue weighted by molar-refractivity contribution is 7.18. The summed E-state index contributed by atoms with van der Waals surface area (Å²) in [5.41, 5.74) is 2.60. The molecule has 2 aromatic heterocycles. The number of aryl methyl sites for hydroxylation is 1. The van der Waals surface area contributed by atoms with Gasteiger partial charge in [-0.05, 0) is 25.3 Å². The summed E-state index contributed by atoms with van der Waals surface area (Å²) in [5.74, 6) is 7.08. The van der Waals surface area contributed by atoms with E-state index in [4.69, 9.17) is 5.84 Å². The molecule has 1 saturated heterocycles. The standard InChI is InChI=1S/C14H21N5S/c1-2-10-9-11-12(19-7-5-3-4-6-8-19)16-14(18-15)17-13(11)20-10/h9H,2-8,15H2,1H3,(H,16,17,18). The predicted octanol–water partition coefficient (Wildman–Crippen LogP) is 2.92. The van der Waals surface area contributed by atoms with Crippen molar-refractivity contribution in [1.29, 1.82) is 0 Å². The molecule has 6 heteroatoms. The van der Waals surface area contributed by atoms with Crippen LogP contribution in [0.3, 0.4) is 0 Å². The van der Waals surface area contributed by atoms with Crippen LogP contribution < -0.4 is 16.2 Å². The zero-order chi connectivity index (χ0) is 13.9. The van der Waals surface area contributed by atoms with Crippen LogP contribution in [0.25, 0.3) is 10.2 Å². The molecule has 20 heavy (non-hydrogen) atoms. The van der Waals surface area contributed by atoms with Gasteiger partial charge in [0.05, 0.1) is 5.39 Å². The first-order valence-electron chi connectivity index (χ1n) is 7.34. The third-order valence-electron chi connectivity index (χ3n) is 3.81. The summed E-state index contributed by atoms with van der Waals surface area (Å²) < 4.78 is 0. The van der Waals surface area contributed by atoms with Crippen LogP contribution in [0.1, 0.15) is 37.5 Å². The van der Waals surface area contributed by atoms with Crippen LogP contribution >= 0.6 is 11.3 Å². The first-order valence-corrected chi connectivity index (χ1v) is 8.15. The van der Waals surface area contributed by atoms with Gasteiger partial charge in [-0.15, -0.1) is 11.3 Å². The molecule has 0 aliphatic carbocycles. The lowest BCUT2D eigenvalue weighted by molar-refractivity contribution is 0.726. The van der Waals surface area contributed by atoms with Crippen LogP contribution in [0.5, 0.6) is 0 Å². The molecule has 3 rings (SSSR count). The van der Waals surface area contributed by atoms with E-state index in [0.29, 0.717) is 5.95 Å². The maximum atomic E-state index is 5.52. The lowest BCUT2D eigenvalue weighted by Gasteiger charge is -2.22. The number of hydrogen-bond donors (Lipinski definition) is 2. The van der Waals surface area contributed by atoms with Gasteiger partial charge in [-0.3, -0.25) is 5.43 Å². The molecule has 0 amide bonds. The highest BCUT2D eigenvalue weighted by Crippen LogP contribution is 2.33. The molecule has 0 spiro atoms. The predicted molar refractivity (Wildman–Crippen MR) is 85.3 cm³/mol. The van der Waals surface area contributed by atoms with Gasteiger partial charge in [0.15, 0.2) is 0 Å². The molecule has 0 unspecified atom stereocenters. The number of nitrogens with one attached hydrogen (secondary N) is 1. The number of aromatic nitrogens is 2. The van der Waals surface area contributed by atoms with Crippen LogP contribution in [0.15, 0.2) is 6.07 Å². The molecule has 3 N–H and O–H groups in total. The summed E-state index contributed by atoms with van der Waals surface area (Å²) in [6.45, 7) is 4.33. The van der Waals surface area contributed by atoms with Crippen molar-refractivity contribution in [3.8, 4) is 0 Å². The van der Waals surface area contributed by atoms with E-state index in [0.717, 1.165) is 30.2 Å². The lowest BCUT2D eigenvalue weighted by Crippen LogP contribution is -2.26. The Morgan fingerprint density at radius 1 is 1.25 bits per heavy atom. The highest BCUT2D eigenvalue weighted by Gasteiger charge is 2.17. The molecule has 3 heterocycles. The number of nitrogen functional groups attached to an aromatic ring is 1. The summed E-state index contributed by atoms with van der Waals surface area (Å²) in [6, 6.07) is 2.24. The second kappa shape index (κ2) is 5.93. The SMILES string of the molecule is CCc1cc2c(N3CCCCCC3)nc(NN)nc2s1. The molecule has 1 aliphatic rings. The fraction of sp³-hybridized carbons (Fsp3) is 0.571. The Kier molecular flexibility index (Phi) is 4.03. The number of fused-ring (bicyclic) bond motifs is 1. The van der Waals surface area contributed by atoms with Crippen molar-refractivity contribution in [3.63, 3.8) is 0 Å². The molecule has 108 valence electrons. The fourth-order valence-electron chi connectivity index (χ4n) is 2.72. The number of anilines is 2. The molecule has 0 atom stereocenters. The van der Waals surface area contributed by atoms with Crippen molar-refractivity contribution >= 4 is 33.3 Å². The van der Waals surface area contributed by atoms with Crippen molar-refractivity contribution in [1.82, 2.24) is 9.97 Å². The number of hydrogen-bond acceptors (Lipinski definition) is 6. The van der Waals surface area contributed by atoms with E-state index >= 15 is 0 Å². The van der Waals surface area contributed by atoms with Gasteiger partial charge in [0.25, 0.3) is 0 Å². The quantitative estimate of drug-likeness (QED) is 0.672. The Morgan fingerprint density at radius 2 is 2.00 bits per heavy atom. The summed E-state index contributed by atoms with van der Waals surface area (Å²) >= 11 is 1.74. The molecular weight excluding hydrogens is 270 g/mol. The van der Waals surface area contributed by atoms with Crippen molar-refractivity contribution in [2.75, 3.05) is 23.4 Å². The zero-order valence-electron chi connectivity index (χ0n) is 11.9. The number of nitrogens with zero attached hydrogens (tertiary/aromatic N) is 3. The van der Waals surface area contributed by atoms with Gasteiger partial charge in [0, 0.05) is 18.0 Å². The molecule has 0 saturated carbocycles. The number of hydrazine groups is 1. The fourth-order valence-corrected chi connectivity index (χ4v) is 3.68. The topological polar surface area (TPSA) is 67.1 Å². The van der Waals surface area contributed by atoms with Gasteiger partial charge in [-0.25, -0.2) is 10.8 Å². The van der Waals surface area contributed by atoms with Gasteiger partial charge in [-0.1, -0.05) is 19.8 Å². The summed E-state index contributed by atoms with van der Waals surface area (Å²) in [6.07, 6.45) is 6.14. The van der Waals surface area contributed by atoms with Crippen molar-refractivity contribution in [2.45, 2.75) is 39.0 Å². The van der Waals surface area contributed by atoms with E-state index in [1.165, 1.54) is 35.9 Å². The Morgan fingerprint density at radius 3 is 2.65 bits per heavy atom. The zero-order valence-corrected chi connectivity index (χ0v) is 12.7. The first kappa shape index (κ1) is 13.6. The Balaban J connectivity index is 2.08. The minimum atomic E-state index is 0.515. The summed E-state index contributed by atoms with van der Waals surface area (Å²) in [5, 5.41) is 1.17. The van der Waals surface area contributed by atoms with E-state index in [1.807, 2.05) is 0 Å². The smallest absolute Gasteiger partial charge is 0.240 e. The minimum absolute atomic E-state index is 0.515.